The molecule has 0 radical (unpaired) electrons. The van der Waals surface area contributed by atoms with Crippen molar-refractivity contribution in [3.05, 3.63) is 36.6 Å². The maximum absolute atomic E-state index is 12.9. The zero-order chi connectivity index (χ0) is 22.1. The minimum Gasteiger partial charge on any atom is -0.489 e. The van der Waals surface area contributed by atoms with E-state index in [0.717, 1.165) is 18.4 Å². The Hall–Kier alpha value is -2.61. The Kier molecular flexibility index (Phi) is 9.11. The third kappa shape index (κ3) is 7.33. The van der Waals surface area contributed by atoms with Gasteiger partial charge in [0.2, 0.25) is 17.7 Å². The SMILES string of the molecule is C=C/C1=C(\C=C)O[C@H](C)CNC(C2CC2)C(=O)N(C)CC(=O)NCC(=O)NCCC1. The first kappa shape index (κ1) is 23.7. The lowest BCUT2D eigenvalue weighted by molar-refractivity contribution is -0.137. The van der Waals surface area contributed by atoms with Crippen LogP contribution in [0.15, 0.2) is 36.6 Å². The zero-order valence-corrected chi connectivity index (χ0v) is 18.0. The fourth-order valence-electron chi connectivity index (χ4n) is 3.35. The quantitative estimate of drug-likeness (QED) is 0.632. The molecule has 0 aromatic heterocycles. The van der Waals surface area contributed by atoms with E-state index in [1.165, 1.54) is 4.90 Å². The van der Waals surface area contributed by atoms with Crippen LogP contribution in [-0.2, 0) is 19.1 Å². The van der Waals surface area contributed by atoms with Crippen LogP contribution in [0.2, 0.25) is 0 Å². The van der Waals surface area contributed by atoms with Gasteiger partial charge in [-0.25, -0.2) is 0 Å². The van der Waals surface area contributed by atoms with Gasteiger partial charge < -0.3 is 25.6 Å². The van der Waals surface area contributed by atoms with Crippen LogP contribution in [0.1, 0.15) is 32.6 Å². The van der Waals surface area contributed by atoms with Gasteiger partial charge in [0.15, 0.2) is 0 Å². The number of likely N-dealkylation sites (N-methyl/N-ethyl adjacent to an activating group) is 1. The van der Waals surface area contributed by atoms with Crippen LogP contribution in [0, 0.1) is 5.92 Å². The molecule has 0 aromatic carbocycles. The second kappa shape index (κ2) is 11.5. The molecule has 0 aromatic rings. The molecule has 2 rings (SSSR count). The van der Waals surface area contributed by atoms with Crippen LogP contribution in [0.5, 0.6) is 0 Å². The number of ether oxygens (including phenoxy) is 1. The van der Waals surface area contributed by atoms with Crippen molar-refractivity contribution < 1.29 is 19.1 Å². The number of nitrogens with one attached hydrogen (secondary N) is 3. The number of carbonyl (C=O) groups excluding carboxylic acids is 3. The molecule has 1 unspecified atom stereocenters. The minimum absolute atomic E-state index is 0.0882. The summed E-state index contributed by atoms with van der Waals surface area (Å²) in [6.07, 6.45) is 6.56. The average molecular weight is 419 g/mol. The molecule has 30 heavy (non-hydrogen) atoms. The summed E-state index contributed by atoms with van der Waals surface area (Å²) in [5, 5.41) is 8.66. The van der Waals surface area contributed by atoms with Crippen molar-refractivity contribution in [2.45, 2.75) is 44.8 Å². The molecule has 1 aliphatic heterocycles. The summed E-state index contributed by atoms with van der Waals surface area (Å²) in [4.78, 5) is 38.3. The monoisotopic (exact) mass is 418 g/mol. The standard InChI is InChI=1S/C22H34N4O4/c1-5-16-8-7-11-23-19(27)13-24-20(28)14-26(4)22(29)21(17-9-10-17)25-12-15(3)30-18(16)6-2/h5-6,15,17,21,25H,1-2,7-14H2,3-4H3,(H,23,27)(H,24,28)/b18-16-/t15-,21?/m1/s1. The molecule has 2 atom stereocenters. The van der Waals surface area contributed by atoms with Gasteiger partial charge in [0, 0.05) is 20.1 Å². The summed E-state index contributed by atoms with van der Waals surface area (Å²) < 4.78 is 6.05. The van der Waals surface area contributed by atoms with Crippen LogP contribution >= 0.6 is 0 Å². The lowest BCUT2D eigenvalue weighted by atomic mass is 10.1. The van der Waals surface area contributed by atoms with Gasteiger partial charge in [-0.05, 0) is 50.2 Å². The number of allylic oxidation sites excluding steroid dienone is 3. The first-order valence-corrected chi connectivity index (χ1v) is 10.5. The molecule has 3 N–H and O–H groups in total. The number of hydrogen-bond donors (Lipinski definition) is 3. The van der Waals surface area contributed by atoms with Crippen molar-refractivity contribution in [1.82, 2.24) is 20.9 Å². The molecule has 0 saturated heterocycles. The van der Waals surface area contributed by atoms with Crippen LogP contribution < -0.4 is 16.0 Å². The van der Waals surface area contributed by atoms with Crippen LogP contribution in [0.3, 0.4) is 0 Å². The molecule has 8 nitrogen and oxygen atoms in total. The van der Waals surface area contributed by atoms with E-state index in [4.69, 9.17) is 4.74 Å². The number of amides is 3. The highest BCUT2D eigenvalue weighted by molar-refractivity contribution is 5.89. The summed E-state index contributed by atoms with van der Waals surface area (Å²) in [5.74, 6) is 0.168. The van der Waals surface area contributed by atoms with E-state index in [2.05, 4.69) is 29.1 Å². The third-order valence-electron chi connectivity index (χ3n) is 5.21. The van der Waals surface area contributed by atoms with Gasteiger partial charge in [-0.2, -0.15) is 0 Å². The van der Waals surface area contributed by atoms with E-state index in [0.29, 0.717) is 31.7 Å². The highest BCUT2D eigenvalue weighted by Crippen LogP contribution is 2.33. The minimum atomic E-state index is -0.360. The number of nitrogens with zero attached hydrogens (tertiary/aromatic N) is 1. The van der Waals surface area contributed by atoms with Crippen LogP contribution in [0.25, 0.3) is 0 Å². The van der Waals surface area contributed by atoms with Crippen molar-refractivity contribution in [3.63, 3.8) is 0 Å². The Labute approximate surface area is 178 Å². The lowest BCUT2D eigenvalue weighted by Crippen LogP contribution is -2.51. The predicted molar refractivity (Wildman–Crippen MR) is 115 cm³/mol. The van der Waals surface area contributed by atoms with Crippen molar-refractivity contribution in [2.75, 3.05) is 33.2 Å². The normalized spacial score (nSPS) is 28.5. The Bertz CT molecular complexity index is 699. The molecular formula is C22H34N4O4. The van der Waals surface area contributed by atoms with E-state index < -0.39 is 0 Å². The van der Waals surface area contributed by atoms with Crippen molar-refractivity contribution >= 4 is 17.7 Å². The van der Waals surface area contributed by atoms with E-state index in [1.807, 2.05) is 6.92 Å². The van der Waals surface area contributed by atoms with Gasteiger partial charge in [-0.3, -0.25) is 14.4 Å². The van der Waals surface area contributed by atoms with E-state index in [9.17, 15) is 14.4 Å². The van der Waals surface area contributed by atoms with E-state index in [-0.39, 0.29) is 48.9 Å². The van der Waals surface area contributed by atoms with Gasteiger partial charge in [0.05, 0.1) is 19.1 Å². The molecule has 1 saturated carbocycles. The van der Waals surface area contributed by atoms with Gasteiger partial charge in [0.1, 0.15) is 11.9 Å². The molecule has 166 valence electrons. The molecule has 1 aliphatic carbocycles. The lowest BCUT2D eigenvalue weighted by Gasteiger charge is -2.26. The maximum Gasteiger partial charge on any atom is 0.240 e. The highest BCUT2D eigenvalue weighted by Gasteiger charge is 2.37. The number of hydrogen-bond acceptors (Lipinski definition) is 5. The molecule has 1 heterocycles. The molecule has 1 fully saturated rings. The summed E-state index contributed by atoms with van der Waals surface area (Å²) in [6, 6.07) is -0.355. The van der Waals surface area contributed by atoms with E-state index in [1.54, 1.807) is 19.2 Å². The zero-order valence-electron chi connectivity index (χ0n) is 18.0. The van der Waals surface area contributed by atoms with Gasteiger partial charge in [-0.1, -0.05) is 19.2 Å². The first-order valence-electron chi connectivity index (χ1n) is 10.5. The van der Waals surface area contributed by atoms with Crippen molar-refractivity contribution in [3.8, 4) is 0 Å². The Morgan fingerprint density at radius 3 is 2.47 bits per heavy atom. The fourth-order valence-corrected chi connectivity index (χ4v) is 3.35. The predicted octanol–water partition coefficient (Wildman–Crippen LogP) is 0.870. The third-order valence-corrected chi connectivity index (χ3v) is 5.21. The largest absolute Gasteiger partial charge is 0.489 e. The van der Waals surface area contributed by atoms with Gasteiger partial charge >= 0.3 is 0 Å². The van der Waals surface area contributed by atoms with Gasteiger partial charge in [-0.15, -0.1) is 0 Å². The smallest absolute Gasteiger partial charge is 0.240 e. The number of carbonyl (C=O) groups is 3. The Morgan fingerprint density at radius 2 is 1.83 bits per heavy atom. The Balaban J connectivity index is 2.15. The fraction of sp³-hybridized carbons (Fsp3) is 0.591. The molecule has 0 spiro atoms. The number of rotatable bonds is 3. The molecule has 2 aliphatic rings. The summed E-state index contributed by atoms with van der Waals surface area (Å²) in [6.45, 7) is 10.4. The van der Waals surface area contributed by atoms with Gasteiger partial charge in [0.25, 0.3) is 0 Å². The topological polar surface area (TPSA) is 99.8 Å². The summed E-state index contributed by atoms with van der Waals surface area (Å²) in [5.41, 5.74) is 0.912. The van der Waals surface area contributed by atoms with E-state index >= 15 is 0 Å². The first-order chi connectivity index (χ1) is 14.3. The second-order valence-electron chi connectivity index (χ2n) is 7.87. The van der Waals surface area contributed by atoms with Crippen LogP contribution in [0.4, 0.5) is 0 Å². The van der Waals surface area contributed by atoms with Crippen molar-refractivity contribution in [2.24, 2.45) is 5.92 Å². The molecular weight excluding hydrogens is 384 g/mol. The maximum atomic E-state index is 12.9. The summed E-state index contributed by atoms with van der Waals surface area (Å²) in [7, 11) is 1.60. The second-order valence-corrected chi connectivity index (χ2v) is 7.87. The average Bonchev–Trinajstić information content (AvgIpc) is 3.55. The van der Waals surface area contributed by atoms with Crippen LogP contribution in [-0.4, -0.2) is 68.0 Å². The molecule has 0 bridgehead atoms. The highest BCUT2D eigenvalue weighted by atomic mass is 16.5. The molecule has 3 amide bonds. The van der Waals surface area contributed by atoms with Crippen molar-refractivity contribution in [1.29, 1.82) is 0 Å². The summed E-state index contributed by atoms with van der Waals surface area (Å²) >= 11 is 0. The molecule has 8 heteroatoms. The Morgan fingerprint density at radius 1 is 1.10 bits per heavy atom.